The first kappa shape index (κ1) is 14.7. The van der Waals surface area contributed by atoms with E-state index in [0.717, 1.165) is 12.2 Å². The van der Waals surface area contributed by atoms with Gasteiger partial charge in [-0.15, -0.1) is 0 Å². The first-order valence-corrected chi connectivity index (χ1v) is 6.30. The highest BCUT2D eigenvalue weighted by atomic mass is 16.4. The highest BCUT2D eigenvalue weighted by molar-refractivity contribution is 6.02. The average Bonchev–Trinajstić information content (AvgIpc) is 2.72. The number of carboxylic acids is 1. The van der Waals surface area contributed by atoms with E-state index >= 15 is 0 Å². The van der Waals surface area contributed by atoms with Gasteiger partial charge in [0.05, 0.1) is 5.69 Å². The Hall–Kier alpha value is -2.67. The number of hydrazine groups is 1. The molecule has 0 bridgehead atoms. The molecular weight excluding hydrogens is 274 g/mol. The third kappa shape index (κ3) is 3.46. The number of aliphatic carboxylic acids is 1. The molecule has 0 aromatic heterocycles. The van der Waals surface area contributed by atoms with Gasteiger partial charge in [-0.2, -0.15) is 0 Å². The molecule has 1 heterocycles. The van der Waals surface area contributed by atoms with Crippen molar-refractivity contribution in [2.24, 2.45) is 0 Å². The van der Waals surface area contributed by atoms with E-state index in [9.17, 15) is 14.4 Å². The molecule has 1 fully saturated rings. The molecule has 1 saturated heterocycles. The van der Waals surface area contributed by atoms with E-state index in [-0.39, 0.29) is 5.91 Å². The van der Waals surface area contributed by atoms with Crippen molar-refractivity contribution in [3.05, 3.63) is 42.5 Å². The van der Waals surface area contributed by atoms with Crippen LogP contribution < -0.4 is 10.3 Å². The number of nitrogens with one attached hydrogen (secondary N) is 1. The topological polar surface area (TPSA) is 90.0 Å². The normalized spacial score (nSPS) is 19.2. The maximum atomic E-state index is 12.3. The van der Waals surface area contributed by atoms with Crippen LogP contribution in [0.25, 0.3) is 0 Å². The first-order chi connectivity index (χ1) is 9.99. The van der Waals surface area contributed by atoms with Crippen LogP contribution in [0.5, 0.6) is 0 Å². The van der Waals surface area contributed by atoms with Gasteiger partial charge < -0.3 is 10.4 Å². The zero-order chi connectivity index (χ0) is 15.4. The van der Waals surface area contributed by atoms with Crippen molar-refractivity contribution in [1.82, 2.24) is 10.3 Å². The number of hydrogen-bond acceptors (Lipinski definition) is 4. The summed E-state index contributed by atoms with van der Waals surface area (Å²) in [5, 5.41) is 14.1. The van der Waals surface area contributed by atoms with Crippen LogP contribution in [0.4, 0.5) is 5.69 Å². The maximum absolute atomic E-state index is 12.3. The number of likely N-dealkylation sites (N-methyl/N-ethyl adjacent to an activating group) is 1. The lowest BCUT2D eigenvalue weighted by atomic mass is 10.2. The van der Waals surface area contributed by atoms with Gasteiger partial charge in [-0.3, -0.25) is 9.59 Å². The third-order valence-corrected chi connectivity index (χ3v) is 2.99. The number of carboxylic acid groups (broad SMARTS) is 1. The molecule has 0 aliphatic carbocycles. The van der Waals surface area contributed by atoms with Crippen LogP contribution in [0, 0.1) is 0 Å². The van der Waals surface area contributed by atoms with Crippen molar-refractivity contribution in [3.63, 3.8) is 0 Å². The molecule has 0 spiro atoms. The van der Waals surface area contributed by atoms with E-state index in [4.69, 9.17) is 5.11 Å². The van der Waals surface area contributed by atoms with Gasteiger partial charge >= 0.3 is 5.97 Å². The number of amides is 2. The highest BCUT2D eigenvalue weighted by Gasteiger charge is 2.37. The molecule has 110 valence electrons. The van der Waals surface area contributed by atoms with Crippen LogP contribution in [0.2, 0.25) is 0 Å². The van der Waals surface area contributed by atoms with Crippen molar-refractivity contribution in [2.45, 2.75) is 6.04 Å². The molecule has 2 rings (SSSR count). The molecule has 1 aromatic carbocycles. The zero-order valence-corrected chi connectivity index (χ0v) is 11.4. The van der Waals surface area contributed by atoms with E-state index in [1.54, 1.807) is 24.2 Å². The molecular formula is C14H15N3O4. The number of nitrogens with zero attached hydrogens (tertiary/aromatic N) is 2. The lowest BCUT2D eigenvalue weighted by molar-refractivity contribution is -0.131. The molecule has 1 aliphatic rings. The average molecular weight is 289 g/mol. The molecule has 21 heavy (non-hydrogen) atoms. The van der Waals surface area contributed by atoms with Gasteiger partial charge in [-0.1, -0.05) is 18.2 Å². The molecule has 0 saturated carbocycles. The van der Waals surface area contributed by atoms with Gasteiger partial charge in [0.1, 0.15) is 6.04 Å². The quantitative estimate of drug-likeness (QED) is 0.762. The van der Waals surface area contributed by atoms with Crippen molar-refractivity contribution in [3.8, 4) is 0 Å². The Balaban J connectivity index is 2.06. The predicted octanol–water partition coefficient (Wildman–Crippen LogP) is 0.00560. The second-order valence-corrected chi connectivity index (χ2v) is 4.56. The van der Waals surface area contributed by atoms with E-state index in [0.29, 0.717) is 12.2 Å². The smallest absolute Gasteiger partial charge is 0.328 e. The van der Waals surface area contributed by atoms with Crippen LogP contribution in [0.3, 0.4) is 0 Å². The summed E-state index contributed by atoms with van der Waals surface area (Å²) >= 11 is 0. The Labute approximate surface area is 121 Å². The second kappa shape index (κ2) is 6.19. The van der Waals surface area contributed by atoms with Gasteiger partial charge in [0.25, 0.3) is 5.91 Å². The van der Waals surface area contributed by atoms with Gasteiger partial charge in [0.15, 0.2) is 0 Å². The molecule has 2 N–H and O–H groups in total. The number of para-hydroxylation sites is 1. The highest BCUT2D eigenvalue weighted by Crippen LogP contribution is 2.21. The number of anilines is 1. The van der Waals surface area contributed by atoms with Crippen molar-refractivity contribution in [1.29, 1.82) is 0 Å². The second-order valence-electron chi connectivity index (χ2n) is 4.56. The van der Waals surface area contributed by atoms with Gasteiger partial charge in [0, 0.05) is 25.7 Å². The van der Waals surface area contributed by atoms with Crippen LogP contribution >= 0.6 is 0 Å². The Morgan fingerprint density at radius 3 is 2.57 bits per heavy atom. The fourth-order valence-electron chi connectivity index (χ4n) is 2.11. The van der Waals surface area contributed by atoms with E-state index < -0.39 is 17.9 Å². The van der Waals surface area contributed by atoms with Crippen molar-refractivity contribution >= 4 is 23.5 Å². The first-order valence-electron chi connectivity index (χ1n) is 6.30. The summed E-state index contributed by atoms with van der Waals surface area (Å²) in [7, 11) is 1.74. The maximum Gasteiger partial charge on any atom is 0.328 e. The summed E-state index contributed by atoms with van der Waals surface area (Å²) in [6.07, 6.45) is 1.62. The van der Waals surface area contributed by atoms with Crippen molar-refractivity contribution in [2.75, 3.05) is 18.6 Å². The number of hydrogen-bond donors (Lipinski definition) is 2. The largest absolute Gasteiger partial charge is 0.478 e. The SMILES string of the molecule is CN1CC(NC(=O)/C=C\C(=O)O)C(=O)N1c1ccccc1. The Bertz CT molecular complexity index is 585. The molecule has 1 unspecified atom stereocenters. The summed E-state index contributed by atoms with van der Waals surface area (Å²) in [6, 6.07) is 8.36. The molecule has 2 amide bonds. The number of carbonyl (C=O) groups is 3. The summed E-state index contributed by atoms with van der Waals surface area (Å²) < 4.78 is 0. The Morgan fingerprint density at radius 1 is 1.29 bits per heavy atom. The van der Waals surface area contributed by atoms with Crippen LogP contribution in [-0.2, 0) is 14.4 Å². The number of carbonyl (C=O) groups excluding carboxylic acids is 2. The third-order valence-electron chi connectivity index (χ3n) is 2.99. The lowest BCUT2D eigenvalue weighted by Crippen LogP contribution is -2.42. The number of benzene rings is 1. The van der Waals surface area contributed by atoms with Gasteiger partial charge in [-0.25, -0.2) is 14.8 Å². The summed E-state index contributed by atoms with van der Waals surface area (Å²) in [6.45, 7) is 0.320. The molecule has 7 nitrogen and oxygen atoms in total. The minimum Gasteiger partial charge on any atom is -0.478 e. The molecule has 1 aliphatic heterocycles. The number of rotatable bonds is 4. The Morgan fingerprint density at radius 2 is 1.95 bits per heavy atom. The minimum atomic E-state index is -1.22. The van der Waals surface area contributed by atoms with Gasteiger partial charge in [-0.05, 0) is 12.1 Å². The van der Waals surface area contributed by atoms with Gasteiger partial charge in [0.2, 0.25) is 5.91 Å². The zero-order valence-electron chi connectivity index (χ0n) is 11.4. The lowest BCUT2D eigenvalue weighted by Gasteiger charge is -2.23. The van der Waals surface area contributed by atoms with Crippen LogP contribution in [-0.4, -0.2) is 47.5 Å². The Kier molecular flexibility index (Phi) is 4.34. The minimum absolute atomic E-state index is 0.263. The molecule has 1 atom stereocenters. The monoisotopic (exact) mass is 289 g/mol. The molecule has 1 aromatic rings. The van der Waals surface area contributed by atoms with Crippen LogP contribution in [0.15, 0.2) is 42.5 Å². The standard InChI is InChI=1S/C14H15N3O4/c1-16-9-11(15-12(18)7-8-13(19)20)14(21)17(16)10-5-3-2-4-6-10/h2-8,11H,9H2,1H3,(H,15,18)(H,19,20)/b8-7-. The summed E-state index contributed by atoms with van der Waals surface area (Å²) in [4.78, 5) is 34.2. The van der Waals surface area contributed by atoms with E-state index in [1.807, 2.05) is 18.2 Å². The predicted molar refractivity (Wildman–Crippen MR) is 75.3 cm³/mol. The molecule has 0 radical (unpaired) electrons. The summed E-state index contributed by atoms with van der Waals surface area (Å²) in [5.41, 5.74) is 0.711. The fraction of sp³-hybridized carbons (Fsp3) is 0.214. The van der Waals surface area contributed by atoms with Crippen molar-refractivity contribution < 1.29 is 19.5 Å². The molecule has 7 heteroatoms. The fourth-order valence-corrected chi connectivity index (χ4v) is 2.11. The van der Waals surface area contributed by atoms with E-state index in [2.05, 4.69) is 5.32 Å². The van der Waals surface area contributed by atoms with Crippen LogP contribution in [0.1, 0.15) is 0 Å². The summed E-state index contributed by atoms with van der Waals surface area (Å²) in [5.74, 6) is -2.09. The van der Waals surface area contributed by atoms with E-state index in [1.165, 1.54) is 5.01 Å².